The standard InChI is InChI=1S/C29H28F3N5O5/c1-2-24(38)37-23(13-17-7-3-4-9-20(17)28-33-11-12-42-28)27(41)35-16-25(39)36-22(26(40)29(30,31)32)14-18-15-34-21-10-6-5-8-19(18)21/h3-12,15,22-23,34H,2,13-14,16H2,1H3,(H,35,41)(H,36,39)(H,37,38). The third-order valence-corrected chi connectivity index (χ3v) is 6.53. The first kappa shape index (κ1) is 30.0. The number of benzene rings is 2. The summed E-state index contributed by atoms with van der Waals surface area (Å²) in [7, 11) is 0. The molecule has 2 heterocycles. The number of oxazole rings is 1. The van der Waals surface area contributed by atoms with Gasteiger partial charge in [0.1, 0.15) is 18.3 Å². The summed E-state index contributed by atoms with van der Waals surface area (Å²) in [6, 6.07) is 10.8. The zero-order valence-electron chi connectivity index (χ0n) is 22.5. The van der Waals surface area contributed by atoms with Gasteiger partial charge in [-0.3, -0.25) is 19.2 Å². The average molecular weight is 584 g/mol. The van der Waals surface area contributed by atoms with Crippen molar-refractivity contribution in [2.45, 2.75) is 44.4 Å². The summed E-state index contributed by atoms with van der Waals surface area (Å²) in [5.74, 6) is -4.00. The molecule has 0 saturated heterocycles. The molecule has 2 unspecified atom stereocenters. The normalized spacial score (nSPS) is 12.9. The molecule has 0 fully saturated rings. The quantitative estimate of drug-likeness (QED) is 0.202. The topological polar surface area (TPSA) is 146 Å². The largest absolute Gasteiger partial charge is 0.452 e. The van der Waals surface area contributed by atoms with Crippen LogP contribution in [0.1, 0.15) is 24.5 Å². The third-order valence-electron chi connectivity index (χ3n) is 6.53. The monoisotopic (exact) mass is 583 g/mol. The number of aromatic nitrogens is 2. The predicted octanol–water partition coefficient (Wildman–Crippen LogP) is 3.24. The second-order valence-electron chi connectivity index (χ2n) is 9.44. The number of nitrogens with zero attached hydrogens (tertiary/aromatic N) is 1. The van der Waals surface area contributed by atoms with E-state index in [4.69, 9.17) is 4.42 Å². The number of hydrogen-bond acceptors (Lipinski definition) is 6. The number of amides is 3. The predicted molar refractivity (Wildman–Crippen MR) is 146 cm³/mol. The average Bonchev–Trinajstić information content (AvgIpc) is 3.65. The molecule has 4 N–H and O–H groups in total. The van der Waals surface area contributed by atoms with E-state index in [0.717, 1.165) is 0 Å². The third kappa shape index (κ3) is 7.42. The van der Waals surface area contributed by atoms with Crippen LogP contribution in [0.2, 0.25) is 0 Å². The molecule has 3 amide bonds. The highest BCUT2D eigenvalue weighted by molar-refractivity contribution is 5.95. The van der Waals surface area contributed by atoms with Crippen molar-refractivity contribution in [3.05, 3.63) is 78.3 Å². The molecular weight excluding hydrogens is 555 g/mol. The molecule has 2 atom stereocenters. The first-order chi connectivity index (χ1) is 20.1. The molecule has 0 bridgehead atoms. The summed E-state index contributed by atoms with van der Waals surface area (Å²) in [6.07, 6.45) is -1.19. The Labute approximate surface area is 238 Å². The maximum Gasteiger partial charge on any atom is 0.452 e. The number of carbonyl (C=O) groups excluding carboxylic acids is 4. The summed E-state index contributed by atoms with van der Waals surface area (Å²) in [6.45, 7) is 0.873. The molecule has 13 heteroatoms. The van der Waals surface area contributed by atoms with Gasteiger partial charge in [0.15, 0.2) is 0 Å². The highest BCUT2D eigenvalue weighted by Crippen LogP contribution is 2.24. The molecule has 220 valence electrons. The van der Waals surface area contributed by atoms with Crippen LogP contribution in [0.5, 0.6) is 0 Å². The van der Waals surface area contributed by atoms with E-state index < -0.39 is 54.7 Å². The molecule has 42 heavy (non-hydrogen) atoms. The molecule has 0 spiro atoms. The summed E-state index contributed by atoms with van der Waals surface area (Å²) >= 11 is 0. The number of aromatic amines is 1. The fraction of sp³-hybridized carbons (Fsp3) is 0.276. The molecule has 2 aromatic carbocycles. The number of hydrogen-bond donors (Lipinski definition) is 4. The first-order valence-corrected chi connectivity index (χ1v) is 13.1. The Bertz CT molecular complexity index is 1570. The minimum Gasteiger partial charge on any atom is -0.445 e. The summed E-state index contributed by atoms with van der Waals surface area (Å²) in [5, 5.41) is 7.67. The molecule has 2 aromatic heterocycles. The minimum absolute atomic E-state index is 0.00743. The summed E-state index contributed by atoms with van der Waals surface area (Å²) < 4.78 is 45.5. The van der Waals surface area contributed by atoms with Crippen molar-refractivity contribution in [2.24, 2.45) is 0 Å². The van der Waals surface area contributed by atoms with Gasteiger partial charge >= 0.3 is 6.18 Å². The van der Waals surface area contributed by atoms with E-state index in [0.29, 0.717) is 33.5 Å². The number of alkyl halides is 3. The first-order valence-electron chi connectivity index (χ1n) is 13.1. The van der Waals surface area contributed by atoms with Crippen molar-refractivity contribution in [1.82, 2.24) is 25.9 Å². The van der Waals surface area contributed by atoms with E-state index in [1.54, 1.807) is 55.5 Å². The van der Waals surface area contributed by atoms with Gasteiger partial charge in [0.2, 0.25) is 23.6 Å². The van der Waals surface area contributed by atoms with Crippen molar-refractivity contribution in [2.75, 3.05) is 6.54 Å². The number of carbonyl (C=O) groups is 4. The second kappa shape index (κ2) is 13.1. The fourth-order valence-corrected chi connectivity index (χ4v) is 4.45. The van der Waals surface area contributed by atoms with Gasteiger partial charge in [0.25, 0.3) is 5.78 Å². The van der Waals surface area contributed by atoms with Crippen LogP contribution in [-0.4, -0.2) is 58.3 Å². The summed E-state index contributed by atoms with van der Waals surface area (Å²) in [4.78, 5) is 57.2. The van der Waals surface area contributed by atoms with E-state index in [2.05, 4.69) is 25.9 Å². The van der Waals surface area contributed by atoms with Crippen LogP contribution in [0.3, 0.4) is 0 Å². The van der Waals surface area contributed by atoms with Crippen LogP contribution in [0.4, 0.5) is 13.2 Å². The van der Waals surface area contributed by atoms with Crippen LogP contribution in [-0.2, 0) is 32.0 Å². The lowest BCUT2D eigenvalue weighted by atomic mass is 9.99. The minimum atomic E-state index is -5.20. The maximum atomic E-state index is 13.4. The Balaban J connectivity index is 1.46. The number of para-hydroxylation sites is 1. The smallest absolute Gasteiger partial charge is 0.445 e. The Morgan fingerprint density at radius 2 is 1.62 bits per heavy atom. The fourth-order valence-electron chi connectivity index (χ4n) is 4.45. The van der Waals surface area contributed by atoms with E-state index in [1.165, 1.54) is 18.7 Å². The highest BCUT2D eigenvalue weighted by Gasteiger charge is 2.44. The number of fused-ring (bicyclic) bond motifs is 1. The van der Waals surface area contributed by atoms with Crippen LogP contribution >= 0.6 is 0 Å². The number of Topliss-reactive ketones (excluding diaryl/α,β-unsaturated/α-hetero) is 1. The molecular formula is C29H28F3N5O5. The van der Waals surface area contributed by atoms with Crippen molar-refractivity contribution >= 4 is 34.4 Å². The van der Waals surface area contributed by atoms with Gasteiger partial charge in [-0.2, -0.15) is 13.2 Å². The van der Waals surface area contributed by atoms with Crippen molar-refractivity contribution in [3.63, 3.8) is 0 Å². The molecule has 0 aliphatic heterocycles. The highest BCUT2D eigenvalue weighted by atomic mass is 19.4. The Morgan fingerprint density at radius 1 is 0.929 bits per heavy atom. The molecule has 0 radical (unpaired) electrons. The molecule has 4 aromatic rings. The van der Waals surface area contributed by atoms with Gasteiger partial charge in [-0.15, -0.1) is 0 Å². The molecule has 0 aliphatic carbocycles. The van der Waals surface area contributed by atoms with Gasteiger partial charge in [0, 0.05) is 41.9 Å². The van der Waals surface area contributed by atoms with Crippen LogP contribution < -0.4 is 16.0 Å². The zero-order valence-corrected chi connectivity index (χ0v) is 22.5. The van der Waals surface area contributed by atoms with Crippen molar-refractivity contribution in [3.8, 4) is 11.5 Å². The second-order valence-corrected chi connectivity index (χ2v) is 9.44. The van der Waals surface area contributed by atoms with E-state index >= 15 is 0 Å². The zero-order chi connectivity index (χ0) is 30.3. The SMILES string of the molecule is CCC(=O)NC(Cc1ccccc1-c1ncco1)C(=O)NCC(=O)NC(Cc1c[nH]c2ccccc12)C(=O)C(F)(F)F. The lowest BCUT2D eigenvalue weighted by Gasteiger charge is -2.21. The number of nitrogens with one attached hydrogen (secondary N) is 4. The summed E-state index contributed by atoms with van der Waals surface area (Å²) in [5.41, 5.74) is 2.28. The number of H-pyrrole nitrogens is 1. The lowest BCUT2D eigenvalue weighted by Crippen LogP contribution is -2.53. The number of rotatable bonds is 12. The van der Waals surface area contributed by atoms with Crippen LogP contribution in [0.15, 0.2) is 71.6 Å². The van der Waals surface area contributed by atoms with E-state index in [-0.39, 0.29) is 12.8 Å². The Morgan fingerprint density at radius 3 is 2.33 bits per heavy atom. The van der Waals surface area contributed by atoms with Gasteiger partial charge in [-0.25, -0.2) is 4.98 Å². The van der Waals surface area contributed by atoms with Crippen molar-refractivity contribution in [1.29, 1.82) is 0 Å². The van der Waals surface area contributed by atoms with Crippen LogP contribution in [0.25, 0.3) is 22.4 Å². The molecule has 10 nitrogen and oxygen atoms in total. The van der Waals surface area contributed by atoms with Crippen LogP contribution in [0, 0.1) is 0 Å². The maximum absolute atomic E-state index is 13.4. The number of ketones is 1. The van der Waals surface area contributed by atoms with Crippen molar-refractivity contribution < 1.29 is 36.8 Å². The van der Waals surface area contributed by atoms with Gasteiger partial charge in [-0.1, -0.05) is 43.3 Å². The van der Waals surface area contributed by atoms with E-state index in [1.807, 2.05) is 0 Å². The molecule has 0 aliphatic rings. The number of halogens is 3. The molecule has 4 rings (SSSR count). The molecule has 0 saturated carbocycles. The van der Waals surface area contributed by atoms with E-state index in [9.17, 15) is 32.3 Å². The van der Waals surface area contributed by atoms with Gasteiger partial charge in [-0.05, 0) is 23.3 Å². The van der Waals surface area contributed by atoms with Gasteiger partial charge < -0.3 is 25.4 Å². The van der Waals surface area contributed by atoms with Gasteiger partial charge in [0.05, 0.1) is 12.7 Å². The lowest BCUT2D eigenvalue weighted by molar-refractivity contribution is -0.173. The Kier molecular flexibility index (Phi) is 9.40. The Hall–Kier alpha value is -4.94.